The number of benzene rings is 2. The number of fused-ring (bicyclic) bond motifs is 1. The summed E-state index contributed by atoms with van der Waals surface area (Å²) in [6, 6.07) is 12.1. The first kappa shape index (κ1) is 22.6. The van der Waals surface area contributed by atoms with Crippen LogP contribution < -0.4 is 10.5 Å². The first-order valence-electron chi connectivity index (χ1n) is 11.2. The van der Waals surface area contributed by atoms with Gasteiger partial charge in [0.1, 0.15) is 12.3 Å². The maximum atomic E-state index is 12.8. The van der Waals surface area contributed by atoms with Crippen LogP contribution in [0.1, 0.15) is 31.7 Å². The fraction of sp³-hybridized carbons (Fsp3) is 0.417. The molecule has 0 unspecified atom stereocenters. The summed E-state index contributed by atoms with van der Waals surface area (Å²) in [5.41, 5.74) is 1.60. The van der Waals surface area contributed by atoms with Gasteiger partial charge in [0.15, 0.2) is 5.58 Å². The zero-order chi connectivity index (χ0) is 23.4. The average Bonchev–Trinajstić information content (AvgIpc) is 3.13. The zero-order valence-electron chi connectivity index (χ0n) is 18.6. The number of nitro benzene ring substituents is 1. The van der Waals surface area contributed by atoms with Gasteiger partial charge in [-0.25, -0.2) is 4.79 Å². The molecule has 174 valence electrons. The van der Waals surface area contributed by atoms with Crippen LogP contribution in [0.25, 0.3) is 11.1 Å². The fourth-order valence-corrected chi connectivity index (χ4v) is 4.31. The van der Waals surface area contributed by atoms with Crippen LogP contribution in [-0.2, 0) is 17.8 Å². The van der Waals surface area contributed by atoms with Crippen molar-refractivity contribution in [2.75, 3.05) is 19.7 Å². The topological polar surface area (TPSA) is 108 Å². The third-order valence-corrected chi connectivity index (χ3v) is 6.20. The van der Waals surface area contributed by atoms with E-state index in [2.05, 4.69) is 12.1 Å². The van der Waals surface area contributed by atoms with Gasteiger partial charge in [0.05, 0.1) is 23.1 Å². The standard InChI is InChI=1S/C24H27N3O6/c1-2-32-20-8-5-17(6-9-20)3-4-18-11-13-25(14-12-18)23(28)16-26-21-10-7-19(27(30)31)15-22(21)33-24(26)29/h5-10,15,18H,2-4,11-14,16H2,1H3. The highest BCUT2D eigenvalue weighted by Crippen LogP contribution is 2.24. The number of nitrogens with zero attached hydrogens (tertiary/aromatic N) is 3. The lowest BCUT2D eigenvalue weighted by atomic mass is 9.90. The van der Waals surface area contributed by atoms with E-state index in [1.807, 2.05) is 19.1 Å². The van der Waals surface area contributed by atoms with Crippen molar-refractivity contribution in [1.82, 2.24) is 9.47 Å². The van der Waals surface area contributed by atoms with Crippen molar-refractivity contribution >= 4 is 22.7 Å². The van der Waals surface area contributed by atoms with Gasteiger partial charge in [-0.15, -0.1) is 0 Å². The van der Waals surface area contributed by atoms with Gasteiger partial charge >= 0.3 is 5.76 Å². The molecule has 33 heavy (non-hydrogen) atoms. The van der Waals surface area contributed by atoms with E-state index in [0.29, 0.717) is 31.1 Å². The normalized spacial score (nSPS) is 14.5. The maximum Gasteiger partial charge on any atom is 0.420 e. The Morgan fingerprint density at radius 3 is 2.58 bits per heavy atom. The van der Waals surface area contributed by atoms with Crippen LogP contribution in [0.5, 0.6) is 5.75 Å². The smallest absolute Gasteiger partial charge is 0.420 e. The number of rotatable bonds is 8. The molecule has 1 aliphatic rings. The predicted molar refractivity (Wildman–Crippen MR) is 122 cm³/mol. The minimum absolute atomic E-state index is 0.106. The van der Waals surface area contributed by atoms with Gasteiger partial charge < -0.3 is 14.1 Å². The van der Waals surface area contributed by atoms with Crippen LogP contribution in [0.3, 0.4) is 0 Å². The molecule has 0 saturated carbocycles. The molecule has 0 bridgehead atoms. The number of nitro groups is 1. The molecular weight excluding hydrogens is 426 g/mol. The summed E-state index contributed by atoms with van der Waals surface area (Å²) in [7, 11) is 0. The average molecular weight is 453 g/mol. The van der Waals surface area contributed by atoms with Gasteiger partial charge in [-0.2, -0.15) is 0 Å². The number of oxazole rings is 1. The van der Waals surface area contributed by atoms with Gasteiger partial charge in [0.2, 0.25) is 5.91 Å². The summed E-state index contributed by atoms with van der Waals surface area (Å²) in [6.45, 7) is 3.80. The molecule has 0 aliphatic carbocycles. The quantitative estimate of drug-likeness (QED) is 0.379. The van der Waals surface area contributed by atoms with Gasteiger partial charge in [0.25, 0.3) is 5.69 Å². The van der Waals surface area contributed by atoms with Crippen molar-refractivity contribution < 1.29 is 18.9 Å². The molecule has 0 atom stereocenters. The molecule has 1 saturated heterocycles. The van der Waals surface area contributed by atoms with Crippen molar-refractivity contribution in [3.05, 3.63) is 68.7 Å². The molecule has 1 aromatic heterocycles. The van der Waals surface area contributed by atoms with Crippen LogP contribution in [0, 0.1) is 16.0 Å². The molecule has 0 N–H and O–H groups in total. The minimum atomic E-state index is -0.691. The molecule has 1 fully saturated rings. The van der Waals surface area contributed by atoms with Gasteiger partial charge in [-0.05, 0) is 62.3 Å². The molecular formula is C24H27N3O6. The van der Waals surface area contributed by atoms with Crippen molar-refractivity contribution in [2.45, 2.75) is 39.2 Å². The summed E-state index contributed by atoms with van der Waals surface area (Å²) < 4.78 is 11.8. The third kappa shape index (κ3) is 5.24. The number of non-ortho nitro benzene ring substituents is 1. The number of carbonyl (C=O) groups excluding carboxylic acids is 1. The van der Waals surface area contributed by atoms with E-state index in [4.69, 9.17) is 9.15 Å². The molecule has 1 aliphatic heterocycles. The Morgan fingerprint density at radius 2 is 1.91 bits per heavy atom. The number of aromatic nitrogens is 1. The highest BCUT2D eigenvalue weighted by Gasteiger charge is 2.24. The Kier molecular flexibility index (Phi) is 6.76. The largest absolute Gasteiger partial charge is 0.494 e. The summed E-state index contributed by atoms with van der Waals surface area (Å²) in [5.74, 6) is 0.599. The molecule has 9 heteroatoms. The van der Waals surface area contributed by atoms with E-state index in [-0.39, 0.29) is 23.7 Å². The molecule has 3 aromatic rings. The molecule has 2 aromatic carbocycles. The van der Waals surface area contributed by atoms with E-state index in [0.717, 1.165) is 31.4 Å². The van der Waals surface area contributed by atoms with Gasteiger partial charge in [-0.1, -0.05) is 12.1 Å². The van der Waals surface area contributed by atoms with Gasteiger partial charge in [-0.3, -0.25) is 19.5 Å². The van der Waals surface area contributed by atoms with E-state index in [1.54, 1.807) is 4.90 Å². The van der Waals surface area contributed by atoms with Crippen LogP contribution in [0.2, 0.25) is 0 Å². The minimum Gasteiger partial charge on any atom is -0.494 e. The number of carbonyl (C=O) groups is 1. The number of ether oxygens (including phenoxy) is 1. The number of amides is 1. The van der Waals surface area contributed by atoms with Crippen LogP contribution in [0.15, 0.2) is 51.7 Å². The first-order chi connectivity index (χ1) is 15.9. The second-order valence-electron chi connectivity index (χ2n) is 8.30. The lowest BCUT2D eigenvalue weighted by Crippen LogP contribution is -2.41. The van der Waals surface area contributed by atoms with Crippen LogP contribution in [0.4, 0.5) is 5.69 Å². The molecule has 4 rings (SSSR count). The number of piperidine rings is 1. The number of hydrogen-bond donors (Lipinski definition) is 0. The van der Waals surface area contributed by atoms with E-state index in [9.17, 15) is 19.7 Å². The molecule has 2 heterocycles. The maximum absolute atomic E-state index is 12.8. The zero-order valence-corrected chi connectivity index (χ0v) is 18.6. The number of likely N-dealkylation sites (tertiary alicyclic amines) is 1. The van der Waals surface area contributed by atoms with Crippen molar-refractivity contribution in [2.24, 2.45) is 5.92 Å². The summed E-state index contributed by atoms with van der Waals surface area (Å²) >= 11 is 0. The summed E-state index contributed by atoms with van der Waals surface area (Å²) in [5, 5.41) is 10.9. The highest BCUT2D eigenvalue weighted by molar-refractivity contribution is 5.80. The van der Waals surface area contributed by atoms with Crippen molar-refractivity contribution in [3.8, 4) is 5.75 Å². The first-order valence-corrected chi connectivity index (χ1v) is 11.2. The summed E-state index contributed by atoms with van der Waals surface area (Å²) in [4.78, 5) is 37.2. The number of hydrogen-bond acceptors (Lipinski definition) is 6. The van der Waals surface area contributed by atoms with Crippen LogP contribution in [-0.4, -0.2) is 40.0 Å². The molecule has 0 radical (unpaired) electrons. The monoisotopic (exact) mass is 453 g/mol. The lowest BCUT2D eigenvalue weighted by molar-refractivity contribution is -0.384. The molecule has 0 spiro atoms. The van der Waals surface area contributed by atoms with E-state index in [1.165, 1.54) is 28.3 Å². The summed E-state index contributed by atoms with van der Waals surface area (Å²) in [6.07, 6.45) is 3.92. The predicted octanol–water partition coefficient (Wildman–Crippen LogP) is 3.77. The third-order valence-electron chi connectivity index (χ3n) is 6.20. The fourth-order valence-electron chi connectivity index (χ4n) is 4.31. The lowest BCUT2D eigenvalue weighted by Gasteiger charge is -2.32. The van der Waals surface area contributed by atoms with Crippen molar-refractivity contribution in [1.29, 1.82) is 0 Å². The van der Waals surface area contributed by atoms with Crippen molar-refractivity contribution in [3.63, 3.8) is 0 Å². The molecule has 9 nitrogen and oxygen atoms in total. The van der Waals surface area contributed by atoms with E-state index < -0.39 is 10.7 Å². The van der Waals surface area contributed by atoms with E-state index >= 15 is 0 Å². The number of aryl methyl sites for hydroxylation is 1. The Balaban J connectivity index is 1.30. The highest BCUT2D eigenvalue weighted by atomic mass is 16.6. The molecule has 1 amide bonds. The Morgan fingerprint density at radius 1 is 1.18 bits per heavy atom. The second kappa shape index (κ2) is 9.89. The van der Waals surface area contributed by atoms with Gasteiger partial charge in [0, 0.05) is 19.2 Å². The van der Waals surface area contributed by atoms with Crippen LogP contribution >= 0.6 is 0 Å². The Labute approximate surface area is 190 Å². The second-order valence-corrected chi connectivity index (χ2v) is 8.30. The SMILES string of the molecule is CCOc1ccc(CCC2CCN(C(=O)Cn3c(=O)oc4cc([N+](=O)[O-])ccc43)CC2)cc1. The Hall–Kier alpha value is -3.62. The Bertz CT molecular complexity index is 1190.